The SMILES string of the molecule is C[SiH](C)O[Si](C)(C)O[Si](C)(C)CCCC(O)(F)CCC[Si](C)(C)O[Si](C)(C)O[SiH](C)C. The minimum absolute atomic E-state index is 0.166. The lowest BCUT2D eigenvalue weighted by Gasteiger charge is -2.35. The predicted octanol–water partition coefficient (Wildman–Crippen LogP) is 6.05. The molecule has 0 aliphatic rings. The summed E-state index contributed by atoms with van der Waals surface area (Å²) in [6, 6.07) is 1.66. The second-order valence-electron chi connectivity index (χ2n) is 11.5. The van der Waals surface area contributed by atoms with Gasteiger partial charge in [0.15, 0.2) is 34.7 Å². The molecule has 0 saturated carbocycles. The van der Waals surface area contributed by atoms with Crippen LogP contribution in [-0.4, -0.2) is 62.8 Å². The van der Waals surface area contributed by atoms with Gasteiger partial charge in [0.05, 0.1) is 0 Å². The van der Waals surface area contributed by atoms with Crippen LogP contribution >= 0.6 is 0 Å². The molecule has 5 nitrogen and oxygen atoms in total. The third-order valence-electron chi connectivity index (χ3n) is 4.76. The van der Waals surface area contributed by atoms with E-state index in [9.17, 15) is 9.50 Å². The number of rotatable bonds is 16. The van der Waals surface area contributed by atoms with E-state index in [1.807, 2.05) is 0 Å². The van der Waals surface area contributed by atoms with Crippen LogP contribution in [0, 0.1) is 0 Å². The third kappa shape index (κ3) is 17.2. The Balaban J connectivity index is 4.47. The maximum atomic E-state index is 14.7. The summed E-state index contributed by atoms with van der Waals surface area (Å²) in [6.45, 7) is 25.7. The highest BCUT2D eigenvalue weighted by Gasteiger charge is 2.37. The number of aliphatic hydroxyl groups is 1. The Morgan fingerprint density at radius 2 is 0.968 bits per heavy atom. The van der Waals surface area contributed by atoms with Crippen LogP contribution in [-0.2, 0) is 16.5 Å². The van der Waals surface area contributed by atoms with Gasteiger partial charge >= 0.3 is 17.1 Å². The third-order valence-corrected chi connectivity index (χ3v) is 24.5. The molecule has 0 atom stereocenters. The van der Waals surface area contributed by atoms with Crippen LogP contribution in [0.1, 0.15) is 25.7 Å². The van der Waals surface area contributed by atoms with Gasteiger partial charge in [-0.3, -0.25) is 0 Å². The van der Waals surface area contributed by atoms with Gasteiger partial charge in [-0.25, -0.2) is 4.39 Å². The quantitative estimate of drug-likeness (QED) is 0.239. The maximum Gasteiger partial charge on any atom is 0.310 e. The van der Waals surface area contributed by atoms with Crippen molar-refractivity contribution in [2.24, 2.45) is 0 Å². The summed E-state index contributed by atoms with van der Waals surface area (Å²) in [5.74, 6) is -2.11. The minimum Gasteiger partial charge on any atom is -0.440 e. The lowest BCUT2D eigenvalue weighted by molar-refractivity contribution is -0.101. The van der Waals surface area contributed by atoms with E-state index >= 15 is 0 Å². The summed E-state index contributed by atoms with van der Waals surface area (Å²) in [7, 11) is -10.4. The van der Waals surface area contributed by atoms with Crippen molar-refractivity contribution in [3.63, 3.8) is 0 Å². The molecule has 188 valence electrons. The van der Waals surface area contributed by atoms with E-state index in [0.29, 0.717) is 12.8 Å². The van der Waals surface area contributed by atoms with Crippen molar-refractivity contribution < 1.29 is 26.0 Å². The topological polar surface area (TPSA) is 57.2 Å². The van der Waals surface area contributed by atoms with Gasteiger partial charge < -0.3 is 21.6 Å². The van der Waals surface area contributed by atoms with Gasteiger partial charge in [0.2, 0.25) is 5.85 Å². The van der Waals surface area contributed by atoms with Gasteiger partial charge in [0.1, 0.15) is 0 Å². The van der Waals surface area contributed by atoms with E-state index in [1.165, 1.54) is 0 Å². The average Bonchev–Trinajstić information content (AvgIpc) is 2.39. The van der Waals surface area contributed by atoms with Crippen LogP contribution in [0.4, 0.5) is 4.39 Å². The van der Waals surface area contributed by atoms with E-state index in [4.69, 9.17) is 16.5 Å². The molecule has 0 aromatic heterocycles. The van der Waals surface area contributed by atoms with Crippen molar-refractivity contribution in [2.45, 2.75) is 122 Å². The largest absolute Gasteiger partial charge is 0.440 e. The zero-order chi connectivity index (χ0) is 24.7. The summed E-state index contributed by atoms with van der Waals surface area (Å²) in [6.07, 6.45) is 1.61. The zero-order valence-corrected chi connectivity index (χ0v) is 28.7. The summed E-state index contributed by atoms with van der Waals surface area (Å²) < 4.78 is 39.8. The molecule has 0 aliphatic heterocycles. The van der Waals surface area contributed by atoms with Crippen LogP contribution < -0.4 is 0 Å². The standard InChI is InChI=1S/C19H51FO5Si6/c1-26(2)22-30(9,10)24-28(5,6)17-13-15-19(20,21)16-14-18-29(7,8)25-31(11,12)23-27(3)4/h21,26-27H,13-18H2,1-12H3. The van der Waals surface area contributed by atoms with Gasteiger partial charge in [-0.05, 0) is 103 Å². The van der Waals surface area contributed by atoms with E-state index in [2.05, 4.69) is 78.6 Å². The molecule has 0 saturated heterocycles. The molecule has 0 aliphatic carbocycles. The summed E-state index contributed by atoms with van der Waals surface area (Å²) in [4.78, 5) is 0. The van der Waals surface area contributed by atoms with Crippen LogP contribution in [0.2, 0.25) is 90.7 Å². The number of halogens is 1. The highest BCUT2D eigenvalue weighted by molar-refractivity contribution is 6.85. The fourth-order valence-electron chi connectivity index (χ4n) is 4.31. The fourth-order valence-corrected chi connectivity index (χ4v) is 28.2. The molecule has 0 unspecified atom stereocenters. The van der Waals surface area contributed by atoms with Crippen LogP contribution in [0.3, 0.4) is 0 Å². The van der Waals surface area contributed by atoms with Gasteiger partial charge in [0, 0.05) is 12.8 Å². The van der Waals surface area contributed by atoms with Crippen LogP contribution in [0.25, 0.3) is 0 Å². The van der Waals surface area contributed by atoms with E-state index in [1.54, 1.807) is 0 Å². The molecular formula is C19H51FO5Si6. The first-order valence-electron chi connectivity index (χ1n) is 11.8. The molecule has 0 amide bonds. The van der Waals surface area contributed by atoms with Gasteiger partial charge in [0.25, 0.3) is 0 Å². The first-order chi connectivity index (χ1) is 13.7. The Morgan fingerprint density at radius 3 is 1.23 bits per heavy atom. The molecule has 0 aromatic rings. The first kappa shape index (κ1) is 32.0. The van der Waals surface area contributed by atoms with E-state index < -0.39 is 57.7 Å². The molecule has 0 rings (SSSR count). The van der Waals surface area contributed by atoms with Crippen molar-refractivity contribution in [3.05, 3.63) is 0 Å². The van der Waals surface area contributed by atoms with Crippen molar-refractivity contribution in [1.82, 2.24) is 0 Å². The van der Waals surface area contributed by atoms with Crippen LogP contribution in [0.15, 0.2) is 0 Å². The second-order valence-corrected chi connectivity index (χ2v) is 32.8. The normalized spacial score (nSPS) is 14.7. The Labute approximate surface area is 199 Å². The molecule has 12 heteroatoms. The van der Waals surface area contributed by atoms with Crippen LogP contribution in [0.5, 0.6) is 0 Å². The van der Waals surface area contributed by atoms with Gasteiger partial charge in [-0.1, -0.05) is 0 Å². The van der Waals surface area contributed by atoms with E-state index in [0.717, 1.165) is 12.1 Å². The molecule has 1 N–H and O–H groups in total. The lowest BCUT2D eigenvalue weighted by atomic mass is 10.1. The van der Waals surface area contributed by atoms with Crippen molar-refractivity contribution in [1.29, 1.82) is 0 Å². The zero-order valence-electron chi connectivity index (χ0n) is 22.4. The molecule has 31 heavy (non-hydrogen) atoms. The maximum absolute atomic E-state index is 14.7. The second kappa shape index (κ2) is 12.7. The minimum atomic E-state index is -2.12. The lowest BCUT2D eigenvalue weighted by Crippen LogP contribution is -2.48. The molecular weight excluding hydrogens is 496 g/mol. The van der Waals surface area contributed by atoms with Crippen molar-refractivity contribution >= 4 is 51.8 Å². The predicted molar refractivity (Wildman–Crippen MR) is 146 cm³/mol. The Kier molecular flexibility index (Phi) is 13.1. The molecule has 0 bridgehead atoms. The molecule has 0 fully saturated rings. The highest BCUT2D eigenvalue weighted by Crippen LogP contribution is 2.30. The number of hydrogen-bond acceptors (Lipinski definition) is 5. The summed E-state index contributed by atoms with van der Waals surface area (Å²) in [5.41, 5.74) is 0. The average molecular weight is 547 g/mol. The molecule has 0 radical (unpaired) electrons. The highest BCUT2D eigenvalue weighted by atomic mass is 28.5. The van der Waals surface area contributed by atoms with Gasteiger partial charge in [-0.15, -0.1) is 0 Å². The molecule has 0 spiro atoms. The Bertz CT molecular complexity index is 486. The Morgan fingerprint density at radius 1 is 0.677 bits per heavy atom. The summed E-state index contributed by atoms with van der Waals surface area (Å²) >= 11 is 0. The first-order valence-corrected chi connectivity index (χ1v) is 29.3. The number of alkyl halides is 1. The van der Waals surface area contributed by atoms with E-state index in [-0.39, 0.29) is 12.8 Å². The van der Waals surface area contributed by atoms with Crippen molar-refractivity contribution in [3.8, 4) is 0 Å². The smallest absolute Gasteiger partial charge is 0.310 e. The molecule has 0 aromatic carbocycles. The van der Waals surface area contributed by atoms with Gasteiger partial charge in [-0.2, -0.15) is 0 Å². The fraction of sp³-hybridized carbons (Fsp3) is 1.00. The monoisotopic (exact) mass is 546 g/mol. The summed E-state index contributed by atoms with van der Waals surface area (Å²) in [5, 5.41) is 10.3. The van der Waals surface area contributed by atoms with Crippen molar-refractivity contribution in [2.75, 3.05) is 0 Å². The number of hydrogen-bond donors (Lipinski definition) is 1. The molecule has 0 heterocycles. The Hall–Kier alpha value is 1.03.